The number of anilines is 1. The summed E-state index contributed by atoms with van der Waals surface area (Å²) in [5.41, 5.74) is -0.457. The topological polar surface area (TPSA) is 67.7 Å². The summed E-state index contributed by atoms with van der Waals surface area (Å²) < 4.78 is 6.85. The molecule has 3 heterocycles. The summed E-state index contributed by atoms with van der Waals surface area (Å²) in [6.45, 7) is 7.69. The van der Waals surface area contributed by atoms with E-state index < -0.39 is 0 Å². The predicted molar refractivity (Wildman–Crippen MR) is 86.4 cm³/mol. The largest absolute Gasteiger partial charge is 0.379 e. The maximum Gasteiger partial charge on any atom is 0.293 e. The van der Waals surface area contributed by atoms with Crippen LogP contribution in [0.4, 0.5) is 5.82 Å². The van der Waals surface area contributed by atoms with Crippen molar-refractivity contribution < 1.29 is 9.53 Å². The number of nitrogens with zero attached hydrogens (tertiary/aromatic N) is 4. The van der Waals surface area contributed by atoms with E-state index in [4.69, 9.17) is 4.74 Å². The standard InChI is InChI=1S/C16H24N4O3/c1-12(2)16(10-23-11-16)15(22)20-8-6-19(7-9-20)13-14(21)18(3)5-4-17-13/h4-5,12H,6-11H2,1-3H3. The third kappa shape index (κ3) is 2.63. The average molecular weight is 320 g/mol. The third-order valence-electron chi connectivity index (χ3n) is 5.12. The van der Waals surface area contributed by atoms with E-state index >= 15 is 0 Å². The fourth-order valence-electron chi connectivity index (χ4n) is 3.16. The number of aryl methyl sites for hydroxylation is 1. The van der Waals surface area contributed by atoms with Crippen LogP contribution in [0.1, 0.15) is 13.8 Å². The molecule has 2 fully saturated rings. The van der Waals surface area contributed by atoms with Crippen molar-refractivity contribution in [2.45, 2.75) is 13.8 Å². The molecule has 1 aromatic rings. The van der Waals surface area contributed by atoms with Gasteiger partial charge in [-0.1, -0.05) is 13.8 Å². The van der Waals surface area contributed by atoms with Gasteiger partial charge in [-0.2, -0.15) is 0 Å². The summed E-state index contributed by atoms with van der Waals surface area (Å²) in [6.07, 6.45) is 3.28. The number of carbonyl (C=O) groups is 1. The number of ether oxygens (including phenoxy) is 1. The van der Waals surface area contributed by atoms with Gasteiger partial charge in [0.15, 0.2) is 5.82 Å². The highest BCUT2D eigenvalue weighted by atomic mass is 16.5. The lowest BCUT2D eigenvalue weighted by Gasteiger charge is -2.47. The lowest BCUT2D eigenvalue weighted by atomic mass is 9.74. The summed E-state index contributed by atoms with van der Waals surface area (Å²) in [5, 5.41) is 0. The highest BCUT2D eigenvalue weighted by Crippen LogP contribution is 2.37. The first-order valence-corrected chi connectivity index (χ1v) is 8.09. The predicted octanol–water partition coefficient (Wildman–Crippen LogP) is 0.102. The molecule has 1 aromatic heterocycles. The van der Waals surface area contributed by atoms with Crippen molar-refractivity contribution in [3.8, 4) is 0 Å². The number of amides is 1. The summed E-state index contributed by atoms with van der Waals surface area (Å²) in [6, 6.07) is 0. The molecule has 0 aliphatic carbocycles. The zero-order valence-electron chi connectivity index (χ0n) is 14.0. The summed E-state index contributed by atoms with van der Waals surface area (Å²) >= 11 is 0. The number of hydrogen-bond acceptors (Lipinski definition) is 5. The fourth-order valence-corrected chi connectivity index (χ4v) is 3.16. The Bertz CT molecular complexity index is 643. The Morgan fingerprint density at radius 3 is 2.43 bits per heavy atom. The Balaban J connectivity index is 1.68. The first kappa shape index (κ1) is 16.0. The first-order chi connectivity index (χ1) is 11.0. The average Bonchev–Trinajstić information content (AvgIpc) is 2.48. The smallest absolute Gasteiger partial charge is 0.293 e. The molecule has 2 saturated heterocycles. The zero-order chi connectivity index (χ0) is 16.6. The highest BCUT2D eigenvalue weighted by Gasteiger charge is 2.50. The van der Waals surface area contributed by atoms with E-state index in [1.807, 2.05) is 9.80 Å². The number of aromatic nitrogens is 2. The maximum absolute atomic E-state index is 12.9. The van der Waals surface area contributed by atoms with Gasteiger partial charge in [-0.25, -0.2) is 4.98 Å². The van der Waals surface area contributed by atoms with Gasteiger partial charge in [0.2, 0.25) is 5.91 Å². The van der Waals surface area contributed by atoms with Crippen LogP contribution >= 0.6 is 0 Å². The molecule has 23 heavy (non-hydrogen) atoms. The van der Waals surface area contributed by atoms with E-state index in [9.17, 15) is 9.59 Å². The monoisotopic (exact) mass is 320 g/mol. The van der Waals surface area contributed by atoms with E-state index in [1.54, 1.807) is 19.4 Å². The molecule has 0 spiro atoms. The third-order valence-corrected chi connectivity index (χ3v) is 5.12. The fraction of sp³-hybridized carbons (Fsp3) is 0.688. The van der Waals surface area contributed by atoms with Crippen LogP contribution in [-0.4, -0.2) is 59.8 Å². The molecular formula is C16H24N4O3. The van der Waals surface area contributed by atoms with Gasteiger partial charge in [-0.15, -0.1) is 0 Å². The van der Waals surface area contributed by atoms with Crippen LogP contribution < -0.4 is 10.5 Å². The van der Waals surface area contributed by atoms with E-state index in [-0.39, 0.29) is 22.8 Å². The number of carbonyl (C=O) groups excluding carboxylic acids is 1. The molecule has 1 amide bonds. The Labute approximate surface area is 135 Å². The van der Waals surface area contributed by atoms with Crippen LogP contribution in [0, 0.1) is 11.3 Å². The van der Waals surface area contributed by atoms with Gasteiger partial charge in [0.1, 0.15) is 0 Å². The van der Waals surface area contributed by atoms with Crippen molar-refractivity contribution in [1.82, 2.24) is 14.5 Å². The second-order valence-corrected chi connectivity index (χ2v) is 6.75. The molecule has 0 N–H and O–H groups in total. The zero-order valence-corrected chi connectivity index (χ0v) is 14.0. The van der Waals surface area contributed by atoms with E-state index in [1.165, 1.54) is 4.57 Å². The number of piperazine rings is 1. The second-order valence-electron chi connectivity index (χ2n) is 6.75. The molecule has 2 aliphatic heterocycles. The van der Waals surface area contributed by atoms with Crippen LogP contribution in [0.15, 0.2) is 17.2 Å². The van der Waals surface area contributed by atoms with Crippen LogP contribution in [0.3, 0.4) is 0 Å². The van der Waals surface area contributed by atoms with Gasteiger partial charge in [-0.05, 0) is 5.92 Å². The van der Waals surface area contributed by atoms with Gasteiger partial charge >= 0.3 is 0 Å². The van der Waals surface area contributed by atoms with E-state index in [2.05, 4.69) is 18.8 Å². The summed E-state index contributed by atoms with van der Waals surface area (Å²) in [4.78, 5) is 33.1. The van der Waals surface area contributed by atoms with E-state index in [0.717, 1.165) is 0 Å². The summed E-state index contributed by atoms with van der Waals surface area (Å²) in [7, 11) is 1.72. The minimum atomic E-state index is -0.358. The second kappa shape index (κ2) is 5.96. The van der Waals surface area contributed by atoms with Crippen molar-refractivity contribution in [1.29, 1.82) is 0 Å². The van der Waals surface area contributed by atoms with Crippen molar-refractivity contribution in [3.05, 3.63) is 22.7 Å². The van der Waals surface area contributed by atoms with Gasteiger partial charge in [-0.3, -0.25) is 9.59 Å². The molecule has 0 atom stereocenters. The quantitative estimate of drug-likeness (QED) is 0.790. The minimum Gasteiger partial charge on any atom is -0.379 e. The SMILES string of the molecule is CC(C)C1(C(=O)N2CCN(c3nccn(C)c3=O)CC2)COC1. The molecule has 3 rings (SSSR count). The summed E-state index contributed by atoms with van der Waals surface area (Å²) in [5.74, 6) is 0.921. The molecule has 0 saturated carbocycles. The van der Waals surface area contributed by atoms with Gasteiger partial charge in [0.25, 0.3) is 5.56 Å². The molecule has 126 valence electrons. The van der Waals surface area contributed by atoms with Gasteiger partial charge in [0, 0.05) is 45.6 Å². The molecule has 0 radical (unpaired) electrons. The van der Waals surface area contributed by atoms with Crippen LogP contribution in [0.2, 0.25) is 0 Å². The van der Waals surface area contributed by atoms with Crippen molar-refractivity contribution in [2.24, 2.45) is 18.4 Å². The number of rotatable bonds is 3. The Hall–Kier alpha value is -1.89. The Kier molecular flexibility index (Phi) is 4.14. The molecule has 0 bridgehead atoms. The Morgan fingerprint density at radius 1 is 1.26 bits per heavy atom. The van der Waals surface area contributed by atoms with Gasteiger partial charge in [0.05, 0.1) is 18.6 Å². The molecule has 2 aliphatic rings. The Morgan fingerprint density at radius 2 is 1.91 bits per heavy atom. The van der Waals surface area contributed by atoms with Crippen molar-refractivity contribution in [3.63, 3.8) is 0 Å². The highest BCUT2D eigenvalue weighted by molar-refractivity contribution is 5.84. The lowest BCUT2D eigenvalue weighted by Crippen LogP contribution is -2.61. The molecule has 0 aromatic carbocycles. The molecule has 7 heteroatoms. The van der Waals surface area contributed by atoms with E-state index in [0.29, 0.717) is 45.2 Å². The molecular weight excluding hydrogens is 296 g/mol. The first-order valence-electron chi connectivity index (χ1n) is 8.09. The van der Waals surface area contributed by atoms with Crippen LogP contribution in [0.5, 0.6) is 0 Å². The molecule has 7 nitrogen and oxygen atoms in total. The van der Waals surface area contributed by atoms with Gasteiger partial charge < -0.3 is 19.1 Å². The van der Waals surface area contributed by atoms with Crippen LogP contribution in [-0.2, 0) is 16.6 Å². The minimum absolute atomic E-state index is 0.0988. The lowest BCUT2D eigenvalue weighted by molar-refractivity contribution is -0.182. The number of hydrogen-bond donors (Lipinski definition) is 0. The normalized spacial score (nSPS) is 20.5. The maximum atomic E-state index is 12.9. The van der Waals surface area contributed by atoms with Crippen LogP contribution in [0.25, 0.3) is 0 Å². The molecule has 0 unspecified atom stereocenters. The van der Waals surface area contributed by atoms with Crippen molar-refractivity contribution >= 4 is 11.7 Å². The van der Waals surface area contributed by atoms with Crippen molar-refractivity contribution in [2.75, 3.05) is 44.3 Å².